The average molecular weight is 347 g/mol. The van der Waals surface area contributed by atoms with Crippen molar-refractivity contribution in [3.05, 3.63) is 42.7 Å². The first-order chi connectivity index (χ1) is 11.5. The van der Waals surface area contributed by atoms with Crippen LogP contribution in [-0.4, -0.2) is 46.4 Å². The van der Waals surface area contributed by atoms with Gasteiger partial charge in [0.15, 0.2) is 5.82 Å². The molecule has 1 aliphatic heterocycles. The first-order valence-corrected chi connectivity index (χ1v) is 9.06. The number of hydrogen-bond acceptors (Lipinski definition) is 5. The normalized spacial score (nSPS) is 19.1. The molecule has 8 heteroatoms. The minimum atomic E-state index is -3.93. The number of hydrogen-bond donors (Lipinski definition) is 1. The molecule has 0 aliphatic carbocycles. The van der Waals surface area contributed by atoms with Gasteiger partial charge in [-0.2, -0.15) is 4.31 Å². The first-order valence-electron chi connectivity index (χ1n) is 7.62. The molecule has 1 aliphatic rings. The third kappa shape index (κ3) is 3.15. The molecule has 2 aromatic rings. The van der Waals surface area contributed by atoms with E-state index in [1.165, 1.54) is 12.4 Å². The van der Waals surface area contributed by atoms with Gasteiger partial charge in [-0.15, -0.1) is 0 Å². The van der Waals surface area contributed by atoms with Crippen molar-refractivity contribution in [2.24, 2.45) is 0 Å². The Morgan fingerprint density at radius 2 is 1.79 bits per heavy atom. The molecule has 1 atom stereocenters. The van der Waals surface area contributed by atoms with E-state index in [1.807, 2.05) is 30.3 Å². The summed E-state index contributed by atoms with van der Waals surface area (Å²) in [5, 5.41) is 9.27. The first kappa shape index (κ1) is 16.5. The zero-order valence-corrected chi connectivity index (χ0v) is 13.7. The lowest BCUT2D eigenvalue weighted by Crippen LogP contribution is -2.47. The molecular weight excluding hydrogens is 330 g/mol. The minimum absolute atomic E-state index is 0.0877. The lowest BCUT2D eigenvalue weighted by Gasteiger charge is -2.31. The van der Waals surface area contributed by atoms with E-state index < -0.39 is 22.0 Å². The van der Waals surface area contributed by atoms with Crippen LogP contribution >= 0.6 is 0 Å². The Morgan fingerprint density at radius 1 is 1.12 bits per heavy atom. The highest BCUT2D eigenvalue weighted by Gasteiger charge is 2.37. The monoisotopic (exact) mass is 347 g/mol. The van der Waals surface area contributed by atoms with Gasteiger partial charge >= 0.3 is 5.97 Å². The van der Waals surface area contributed by atoms with E-state index >= 15 is 0 Å². The topological polar surface area (TPSA) is 100 Å². The van der Waals surface area contributed by atoms with E-state index in [0.29, 0.717) is 25.1 Å². The summed E-state index contributed by atoms with van der Waals surface area (Å²) in [6, 6.07) is 8.18. The van der Waals surface area contributed by atoms with Gasteiger partial charge in [-0.3, -0.25) is 4.79 Å². The Bertz CT molecular complexity index is 822. The Labute approximate surface area is 140 Å². The summed E-state index contributed by atoms with van der Waals surface area (Å²) in [6.07, 6.45) is 4.13. The van der Waals surface area contributed by atoms with Crippen LogP contribution in [-0.2, 0) is 14.8 Å². The van der Waals surface area contributed by atoms with Gasteiger partial charge in [0.1, 0.15) is 10.9 Å². The SMILES string of the molecule is O=C(O)C1CCCCN1S(=O)(=O)c1cnc(-c2ccccc2)nc1. The summed E-state index contributed by atoms with van der Waals surface area (Å²) in [5.74, 6) is -0.705. The second-order valence-electron chi connectivity index (χ2n) is 5.57. The van der Waals surface area contributed by atoms with Crippen molar-refractivity contribution in [1.82, 2.24) is 14.3 Å². The van der Waals surface area contributed by atoms with Crippen LogP contribution in [0.1, 0.15) is 19.3 Å². The molecule has 0 radical (unpaired) electrons. The molecule has 1 aromatic heterocycles. The van der Waals surface area contributed by atoms with E-state index in [9.17, 15) is 18.3 Å². The number of sulfonamides is 1. The van der Waals surface area contributed by atoms with Gasteiger partial charge in [0, 0.05) is 12.1 Å². The fourth-order valence-corrected chi connectivity index (χ4v) is 4.30. The molecule has 1 N–H and O–H groups in total. The van der Waals surface area contributed by atoms with Crippen molar-refractivity contribution < 1.29 is 18.3 Å². The van der Waals surface area contributed by atoms with Crippen molar-refractivity contribution in [2.45, 2.75) is 30.2 Å². The molecule has 7 nitrogen and oxygen atoms in total. The van der Waals surface area contributed by atoms with Gasteiger partial charge in [0.2, 0.25) is 10.0 Å². The van der Waals surface area contributed by atoms with Crippen LogP contribution in [0, 0.1) is 0 Å². The molecule has 1 unspecified atom stereocenters. The maximum Gasteiger partial charge on any atom is 0.322 e. The molecule has 126 valence electrons. The lowest BCUT2D eigenvalue weighted by molar-refractivity contribution is -0.142. The summed E-state index contributed by atoms with van der Waals surface area (Å²) in [6.45, 7) is 0.194. The molecule has 1 saturated heterocycles. The fraction of sp³-hybridized carbons (Fsp3) is 0.312. The molecule has 3 rings (SSSR count). The second-order valence-corrected chi connectivity index (χ2v) is 7.46. The predicted molar refractivity (Wildman–Crippen MR) is 86.6 cm³/mol. The summed E-state index contributed by atoms with van der Waals surface area (Å²) in [7, 11) is -3.93. The van der Waals surface area contributed by atoms with Crippen LogP contribution in [0.3, 0.4) is 0 Å². The summed E-state index contributed by atoms with van der Waals surface area (Å²) in [4.78, 5) is 19.5. The second kappa shape index (κ2) is 6.66. The van der Waals surface area contributed by atoms with Crippen LogP contribution < -0.4 is 0 Å². The summed E-state index contributed by atoms with van der Waals surface area (Å²) >= 11 is 0. The number of carbonyl (C=O) groups is 1. The molecular formula is C16H17N3O4S. The highest BCUT2D eigenvalue weighted by Crippen LogP contribution is 2.25. The number of aromatic nitrogens is 2. The van der Waals surface area contributed by atoms with E-state index in [1.54, 1.807) is 0 Å². The van der Waals surface area contributed by atoms with Gasteiger partial charge in [0.05, 0.1) is 12.4 Å². The van der Waals surface area contributed by atoms with Gasteiger partial charge in [-0.25, -0.2) is 18.4 Å². The largest absolute Gasteiger partial charge is 0.480 e. The van der Waals surface area contributed by atoms with E-state index in [0.717, 1.165) is 9.87 Å². The minimum Gasteiger partial charge on any atom is -0.480 e. The molecule has 1 fully saturated rings. The Kier molecular flexibility index (Phi) is 4.59. The quantitative estimate of drug-likeness (QED) is 0.905. The fourth-order valence-electron chi connectivity index (χ4n) is 2.76. The van der Waals surface area contributed by atoms with Gasteiger partial charge in [-0.05, 0) is 19.3 Å². The van der Waals surface area contributed by atoms with Crippen molar-refractivity contribution in [3.8, 4) is 11.4 Å². The van der Waals surface area contributed by atoms with Crippen LogP contribution in [0.4, 0.5) is 0 Å². The molecule has 24 heavy (non-hydrogen) atoms. The van der Waals surface area contributed by atoms with Crippen molar-refractivity contribution >= 4 is 16.0 Å². The highest BCUT2D eigenvalue weighted by atomic mass is 32.2. The Hall–Kier alpha value is -2.32. The number of piperidine rings is 1. The Balaban J connectivity index is 1.91. The Morgan fingerprint density at radius 3 is 2.42 bits per heavy atom. The van der Waals surface area contributed by atoms with Gasteiger partial charge in [0.25, 0.3) is 0 Å². The average Bonchev–Trinajstić information content (AvgIpc) is 2.62. The summed E-state index contributed by atoms with van der Waals surface area (Å²) < 4.78 is 26.5. The molecule has 0 spiro atoms. The molecule has 0 bridgehead atoms. The third-order valence-corrected chi connectivity index (χ3v) is 5.87. The van der Waals surface area contributed by atoms with E-state index in [4.69, 9.17) is 0 Å². The van der Waals surface area contributed by atoms with E-state index in [-0.39, 0.29) is 11.4 Å². The standard InChI is InChI=1S/C16H17N3O4S/c20-16(21)14-8-4-5-9-19(14)24(22,23)13-10-17-15(18-11-13)12-6-2-1-3-7-12/h1-3,6-7,10-11,14H,4-5,8-9H2,(H,20,21). The van der Waals surface area contributed by atoms with Crippen LogP contribution in [0.5, 0.6) is 0 Å². The van der Waals surface area contributed by atoms with Crippen LogP contribution in [0.15, 0.2) is 47.6 Å². The number of rotatable bonds is 4. The zero-order chi connectivity index (χ0) is 17.2. The van der Waals surface area contributed by atoms with Crippen molar-refractivity contribution in [3.63, 3.8) is 0 Å². The number of benzene rings is 1. The number of nitrogens with zero attached hydrogens (tertiary/aromatic N) is 3. The predicted octanol–water partition coefficient (Wildman–Crippen LogP) is 1.77. The van der Waals surface area contributed by atoms with Gasteiger partial charge in [-0.1, -0.05) is 30.3 Å². The third-order valence-electron chi connectivity index (χ3n) is 4.01. The smallest absolute Gasteiger partial charge is 0.322 e. The van der Waals surface area contributed by atoms with Crippen LogP contribution in [0.2, 0.25) is 0 Å². The molecule has 0 saturated carbocycles. The maximum atomic E-state index is 12.7. The van der Waals surface area contributed by atoms with Crippen molar-refractivity contribution in [1.29, 1.82) is 0 Å². The molecule has 0 amide bonds. The lowest BCUT2D eigenvalue weighted by atomic mass is 10.1. The molecule has 2 heterocycles. The highest BCUT2D eigenvalue weighted by molar-refractivity contribution is 7.89. The summed E-state index contributed by atoms with van der Waals surface area (Å²) in [5.41, 5.74) is 0.780. The van der Waals surface area contributed by atoms with Crippen molar-refractivity contribution in [2.75, 3.05) is 6.54 Å². The van der Waals surface area contributed by atoms with Gasteiger partial charge < -0.3 is 5.11 Å². The van der Waals surface area contributed by atoms with E-state index in [2.05, 4.69) is 9.97 Å². The van der Waals surface area contributed by atoms with Crippen LogP contribution in [0.25, 0.3) is 11.4 Å². The number of aliphatic carboxylic acids is 1. The number of carboxylic acid groups (broad SMARTS) is 1. The molecule has 1 aromatic carbocycles. The number of carboxylic acids is 1. The zero-order valence-electron chi connectivity index (χ0n) is 12.9. The maximum absolute atomic E-state index is 12.7.